The van der Waals surface area contributed by atoms with E-state index in [9.17, 15) is 4.79 Å². The Labute approximate surface area is 138 Å². The standard InChI is InChI=1S/C19H24N2O2/c1-4-15-8-10-17(11-9-15)20-19(22)14-21(2)13-16-6-5-7-18(12-16)23-3/h5-12H,4,13-14H2,1-3H3,(H,20,22). The predicted octanol–water partition coefficient (Wildman–Crippen LogP) is 3.33. The van der Waals surface area contributed by atoms with Gasteiger partial charge in [0.15, 0.2) is 0 Å². The zero-order valence-electron chi connectivity index (χ0n) is 14.0. The third-order valence-corrected chi connectivity index (χ3v) is 3.65. The van der Waals surface area contributed by atoms with Gasteiger partial charge < -0.3 is 10.1 Å². The summed E-state index contributed by atoms with van der Waals surface area (Å²) in [5, 5.41) is 2.93. The molecule has 0 bridgehead atoms. The van der Waals surface area contributed by atoms with E-state index >= 15 is 0 Å². The number of amides is 1. The van der Waals surface area contributed by atoms with E-state index in [0.29, 0.717) is 13.1 Å². The first-order chi connectivity index (χ1) is 11.1. The molecule has 0 heterocycles. The fourth-order valence-corrected chi connectivity index (χ4v) is 2.41. The first kappa shape index (κ1) is 17.0. The van der Waals surface area contributed by atoms with Crippen LogP contribution in [0.5, 0.6) is 5.75 Å². The molecule has 122 valence electrons. The summed E-state index contributed by atoms with van der Waals surface area (Å²) in [6, 6.07) is 15.8. The first-order valence-corrected chi connectivity index (χ1v) is 7.81. The summed E-state index contributed by atoms with van der Waals surface area (Å²) in [7, 11) is 3.58. The SMILES string of the molecule is CCc1ccc(NC(=O)CN(C)Cc2cccc(OC)c2)cc1. The number of hydrogen-bond acceptors (Lipinski definition) is 3. The van der Waals surface area contributed by atoms with Crippen LogP contribution in [0, 0.1) is 0 Å². The van der Waals surface area contributed by atoms with E-state index in [4.69, 9.17) is 4.74 Å². The van der Waals surface area contributed by atoms with Gasteiger partial charge >= 0.3 is 0 Å². The lowest BCUT2D eigenvalue weighted by Crippen LogP contribution is -2.29. The van der Waals surface area contributed by atoms with Crippen molar-refractivity contribution >= 4 is 11.6 Å². The molecule has 0 unspecified atom stereocenters. The van der Waals surface area contributed by atoms with E-state index in [1.165, 1.54) is 5.56 Å². The predicted molar refractivity (Wildman–Crippen MR) is 93.8 cm³/mol. The van der Waals surface area contributed by atoms with Gasteiger partial charge in [-0.15, -0.1) is 0 Å². The minimum absolute atomic E-state index is 0.0142. The molecule has 4 heteroatoms. The van der Waals surface area contributed by atoms with E-state index in [2.05, 4.69) is 12.2 Å². The highest BCUT2D eigenvalue weighted by molar-refractivity contribution is 5.92. The molecule has 2 aromatic carbocycles. The highest BCUT2D eigenvalue weighted by Crippen LogP contribution is 2.14. The third-order valence-electron chi connectivity index (χ3n) is 3.65. The van der Waals surface area contributed by atoms with E-state index in [1.54, 1.807) is 7.11 Å². The zero-order chi connectivity index (χ0) is 16.7. The summed E-state index contributed by atoms with van der Waals surface area (Å²) in [5.41, 5.74) is 3.21. The average Bonchev–Trinajstić information content (AvgIpc) is 2.55. The molecule has 0 saturated carbocycles. The second-order valence-corrected chi connectivity index (χ2v) is 5.62. The Morgan fingerprint density at radius 3 is 2.52 bits per heavy atom. The molecule has 0 aliphatic carbocycles. The maximum atomic E-state index is 12.1. The highest BCUT2D eigenvalue weighted by Gasteiger charge is 2.08. The molecule has 0 aliphatic heterocycles. The van der Waals surface area contributed by atoms with Crippen LogP contribution in [0.4, 0.5) is 5.69 Å². The van der Waals surface area contributed by atoms with Crippen LogP contribution in [0.15, 0.2) is 48.5 Å². The van der Waals surface area contributed by atoms with Gasteiger partial charge in [-0.05, 0) is 48.9 Å². The van der Waals surface area contributed by atoms with E-state index < -0.39 is 0 Å². The summed E-state index contributed by atoms with van der Waals surface area (Å²) < 4.78 is 5.22. The Kier molecular flexibility index (Phi) is 6.18. The molecule has 0 fully saturated rings. The number of aryl methyl sites for hydroxylation is 1. The molecule has 4 nitrogen and oxygen atoms in total. The van der Waals surface area contributed by atoms with Crippen molar-refractivity contribution in [2.24, 2.45) is 0 Å². The van der Waals surface area contributed by atoms with Crippen LogP contribution < -0.4 is 10.1 Å². The van der Waals surface area contributed by atoms with E-state index in [-0.39, 0.29) is 5.91 Å². The van der Waals surface area contributed by atoms with Crippen molar-refractivity contribution in [2.75, 3.05) is 26.0 Å². The normalized spacial score (nSPS) is 10.6. The fraction of sp³-hybridized carbons (Fsp3) is 0.316. The molecule has 0 radical (unpaired) electrons. The maximum Gasteiger partial charge on any atom is 0.238 e. The lowest BCUT2D eigenvalue weighted by atomic mass is 10.1. The van der Waals surface area contributed by atoms with Gasteiger partial charge in [0, 0.05) is 12.2 Å². The molecule has 2 rings (SSSR count). The minimum Gasteiger partial charge on any atom is -0.497 e. The molecule has 2 aromatic rings. The van der Waals surface area contributed by atoms with Crippen LogP contribution >= 0.6 is 0 Å². The number of nitrogens with one attached hydrogen (secondary N) is 1. The molecule has 0 atom stereocenters. The molecule has 0 saturated heterocycles. The van der Waals surface area contributed by atoms with Crippen molar-refractivity contribution < 1.29 is 9.53 Å². The van der Waals surface area contributed by atoms with Gasteiger partial charge in [0.2, 0.25) is 5.91 Å². The number of hydrogen-bond donors (Lipinski definition) is 1. The summed E-state index contributed by atoms with van der Waals surface area (Å²) in [4.78, 5) is 14.1. The number of nitrogens with zero attached hydrogens (tertiary/aromatic N) is 1. The smallest absolute Gasteiger partial charge is 0.238 e. The Bertz CT molecular complexity index is 638. The van der Waals surface area contributed by atoms with Gasteiger partial charge in [0.05, 0.1) is 13.7 Å². The van der Waals surface area contributed by atoms with Gasteiger partial charge in [-0.25, -0.2) is 0 Å². The van der Waals surface area contributed by atoms with Crippen LogP contribution in [0.2, 0.25) is 0 Å². The average molecular weight is 312 g/mol. The van der Waals surface area contributed by atoms with Crippen molar-refractivity contribution in [3.05, 3.63) is 59.7 Å². The number of carbonyl (C=O) groups excluding carboxylic acids is 1. The number of methoxy groups -OCH3 is 1. The third kappa shape index (κ3) is 5.42. The van der Waals surface area contributed by atoms with Crippen molar-refractivity contribution in [3.63, 3.8) is 0 Å². The largest absolute Gasteiger partial charge is 0.497 e. The van der Waals surface area contributed by atoms with E-state index in [0.717, 1.165) is 23.4 Å². The van der Waals surface area contributed by atoms with Crippen molar-refractivity contribution in [1.29, 1.82) is 0 Å². The van der Waals surface area contributed by atoms with Gasteiger partial charge in [-0.2, -0.15) is 0 Å². The van der Waals surface area contributed by atoms with Crippen molar-refractivity contribution in [1.82, 2.24) is 4.90 Å². The molecule has 0 aromatic heterocycles. The summed E-state index contributed by atoms with van der Waals surface area (Å²) in [5.74, 6) is 0.816. The second-order valence-electron chi connectivity index (χ2n) is 5.62. The van der Waals surface area contributed by atoms with Crippen molar-refractivity contribution in [2.45, 2.75) is 19.9 Å². The molecule has 1 N–H and O–H groups in total. The summed E-state index contributed by atoms with van der Waals surface area (Å²) >= 11 is 0. The molecule has 23 heavy (non-hydrogen) atoms. The maximum absolute atomic E-state index is 12.1. The summed E-state index contributed by atoms with van der Waals surface area (Å²) in [6.07, 6.45) is 0.998. The number of carbonyl (C=O) groups is 1. The topological polar surface area (TPSA) is 41.6 Å². The van der Waals surface area contributed by atoms with Gasteiger partial charge in [0.25, 0.3) is 0 Å². The Balaban J connectivity index is 1.86. The molecular weight excluding hydrogens is 288 g/mol. The van der Waals surface area contributed by atoms with Gasteiger partial charge in [-0.1, -0.05) is 31.2 Å². The van der Waals surface area contributed by atoms with Crippen LogP contribution in [0.1, 0.15) is 18.1 Å². The van der Waals surface area contributed by atoms with Crippen LogP contribution in [-0.2, 0) is 17.8 Å². The lowest BCUT2D eigenvalue weighted by Gasteiger charge is -2.17. The lowest BCUT2D eigenvalue weighted by molar-refractivity contribution is -0.117. The molecule has 0 aliphatic rings. The van der Waals surface area contributed by atoms with Crippen LogP contribution in [0.25, 0.3) is 0 Å². The number of ether oxygens (including phenoxy) is 1. The number of benzene rings is 2. The first-order valence-electron chi connectivity index (χ1n) is 7.81. The quantitative estimate of drug-likeness (QED) is 0.852. The Hall–Kier alpha value is -2.33. The molecule has 1 amide bonds. The van der Waals surface area contributed by atoms with Crippen molar-refractivity contribution in [3.8, 4) is 5.75 Å². The number of rotatable bonds is 7. The fourth-order valence-electron chi connectivity index (χ4n) is 2.41. The van der Waals surface area contributed by atoms with Gasteiger partial charge in [-0.3, -0.25) is 9.69 Å². The van der Waals surface area contributed by atoms with Crippen LogP contribution in [-0.4, -0.2) is 31.5 Å². The Morgan fingerprint density at radius 2 is 1.87 bits per heavy atom. The summed E-state index contributed by atoms with van der Waals surface area (Å²) in [6.45, 7) is 3.15. The molecular formula is C19H24N2O2. The zero-order valence-corrected chi connectivity index (χ0v) is 14.0. The second kappa shape index (κ2) is 8.34. The number of likely N-dealkylation sites (N-methyl/N-ethyl adjacent to an activating group) is 1. The Morgan fingerprint density at radius 1 is 1.13 bits per heavy atom. The number of anilines is 1. The van der Waals surface area contributed by atoms with E-state index in [1.807, 2.05) is 60.5 Å². The van der Waals surface area contributed by atoms with Crippen LogP contribution in [0.3, 0.4) is 0 Å². The highest BCUT2D eigenvalue weighted by atomic mass is 16.5. The minimum atomic E-state index is -0.0142. The monoisotopic (exact) mass is 312 g/mol. The van der Waals surface area contributed by atoms with Gasteiger partial charge in [0.1, 0.15) is 5.75 Å². The molecule has 0 spiro atoms.